The minimum atomic E-state index is -0.475. The Balaban J connectivity index is 2.70. The van der Waals surface area contributed by atoms with Gasteiger partial charge in [0.25, 0.3) is 5.69 Å². The monoisotopic (exact) mass is 245 g/mol. The number of nitrogens with zero attached hydrogens (tertiary/aromatic N) is 1. The van der Waals surface area contributed by atoms with Crippen LogP contribution in [-0.4, -0.2) is 15.8 Å². The zero-order valence-electron chi connectivity index (χ0n) is 9.71. The van der Waals surface area contributed by atoms with Gasteiger partial charge >= 0.3 is 0 Å². The van der Waals surface area contributed by atoms with Crippen molar-refractivity contribution in [1.82, 2.24) is 0 Å². The van der Waals surface area contributed by atoms with Gasteiger partial charge in [0, 0.05) is 18.1 Å². The maximum atomic E-state index is 11.1. The summed E-state index contributed by atoms with van der Waals surface area (Å²) in [6.45, 7) is 1.41. The van der Waals surface area contributed by atoms with E-state index in [-0.39, 0.29) is 23.6 Å². The van der Waals surface area contributed by atoms with E-state index < -0.39 is 4.92 Å². The molecule has 2 aromatic carbocycles. The summed E-state index contributed by atoms with van der Waals surface area (Å²) in [5.41, 5.74) is 0.376. The first-order valence-electron chi connectivity index (χ1n) is 5.37. The normalized spacial score (nSPS) is 10.5. The highest BCUT2D eigenvalue weighted by atomic mass is 16.6. The van der Waals surface area contributed by atoms with Gasteiger partial charge in [-0.05, 0) is 24.4 Å². The molecule has 0 heterocycles. The van der Waals surface area contributed by atoms with E-state index in [1.807, 2.05) is 0 Å². The molecule has 0 amide bonds. The summed E-state index contributed by atoms with van der Waals surface area (Å²) in [6, 6.07) is 7.59. The van der Waals surface area contributed by atoms with E-state index in [1.54, 1.807) is 12.1 Å². The van der Waals surface area contributed by atoms with E-state index >= 15 is 0 Å². The molecule has 0 aliphatic heterocycles. The maximum absolute atomic E-state index is 11.1. The number of carbonyl (C=O) groups excluding carboxylic acids is 1. The van der Waals surface area contributed by atoms with Crippen LogP contribution in [0.3, 0.4) is 0 Å². The van der Waals surface area contributed by atoms with Crippen LogP contribution in [0.25, 0.3) is 10.8 Å². The van der Waals surface area contributed by atoms with Gasteiger partial charge in [-0.1, -0.05) is 12.1 Å². The molecule has 1 N–H and O–H groups in total. The highest BCUT2D eigenvalue weighted by molar-refractivity contribution is 5.93. The Morgan fingerprint density at radius 3 is 2.72 bits per heavy atom. The summed E-state index contributed by atoms with van der Waals surface area (Å²) < 4.78 is 0. The molecule has 0 spiro atoms. The van der Waals surface area contributed by atoms with Crippen LogP contribution in [0.5, 0.6) is 5.75 Å². The van der Waals surface area contributed by atoms with Crippen LogP contribution >= 0.6 is 0 Å². The minimum absolute atomic E-state index is 0.0156. The number of aromatic hydroxyl groups is 1. The van der Waals surface area contributed by atoms with E-state index in [4.69, 9.17) is 0 Å². The molecule has 0 saturated carbocycles. The van der Waals surface area contributed by atoms with Crippen molar-refractivity contribution in [2.45, 2.75) is 13.3 Å². The van der Waals surface area contributed by atoms with Crippen LogP contribution in [0.4, 0.5) is 5.69 Å². The van der Waals surface area contributed by atoms with E-state index in [0.29, 0.717) is 16.3 Å². The third kappa shape index (κ3) is 2.15. The zero-order chi connectivity index (χ0) is 13.3. The number of nitro benzene ring substituents is 1. The molecule has 0 bridgehead atoms. The summed E-state index contributed by atoms with van der Waals surface area (Å²) in [6.07, 6.45) is 0.0633. The van der Waals surface area contributed by atoms with Crippen molar-refractivity contribution in [1.29, 1.82) is 0 Å². The Morgan fingerprint density at radius 2 is 2.11 bits per heavy atom. The van der Waals surface area contributed by atoms with Crippen LogP contribution in [0.15, 0.2) is 30.3 Å². The maximum Gasteiger partial charge on any atom is 0.277 e. The molecule has 0 aliphatic rings. The van der Waals surface area contributed by atoms with Crippen LogP contribution in [0.1, 0.15) is 12.5 Å². The topological polar surface area (TPSA) is 80.4 Å². The molecule has 5 nitrogen and oxygen atoms in total. The zero-order valence-corrected chi connectivity index (χ0v) is 9.71. The van der Waals surface area contributed by atoms with Crippen LogP contribution < -0.4 is 0 Å². The van der Waals surface area contributed by atoms with E-state index in [1.165, 1.54) is 25.1 Å². The van der Waals surface area contributed by atoms with E-state index in [0.717, 1.165) is 0 Å². The fourth-order valence-electron chi connectivity index (χ4n) is 1.91. The molecule has 92 valence electrons. The predicted octanol–water partition coefficient (Wildman–Crippen LogP) is 2.59. The van der Waals surface area contributed by atoms with Gasteiger partial charge in [-0.3, -0.25) is 14.9 Å². The summed E-state index contributed by atoms with van der Waals surface area (Å²) >= 11 is 0. The van der Waals surface area contributed by atoms with Gasteiger partial charge in [0.15, 0.2) is 0 Å². The summed E-state index contributed by atoms with van der Waals surface area (Å²) in [4.78, 5) is 21.5. The summed E-state index contributed by atoms with van der Waals surface area (Å²) in [5, 5.41) is 21.7. The lowest BCUT2D eigenvalue weighted by Gasteiger charge is -2.05. The van der Waals surface area contributed by atoms with Gasteiger partial charge in [-0.25, -0.2) is 0 Å². The Bertz CT molecular complexity index is 649. The van der Waals surface area contributed by atoms with Crippen molar-refractivity contribution >= 4 is 22.2 Å². The first-order valence-corrected chi connectivity index (χ1v) is 5.37. The summed E-state index contributed by atoms with van der Waals surface area (Å²) in [5.74, 6) is -0.124. The number of non-ortho nitro benzene ring substituents is 1. The molecule has 0 saturated heterocycles. The van der Waals surface area contributed by atoms with Crippen molar-refractivity contribution in [2.24, 2.45) is 0 Å². The number of fused-ring (bicyclic) bond motifs is 1. The Labute approximate surface area is 103 Å². The largest absolute Gasteiger partial charge is 0.508 e. The quantitative estimate of drug-likeness (QED) is 0.665. The smallest absolute Gasteiger partial charge is 0.277 e. The van der Waals surface area contributed by atoms with Gasteiger partial charge < -0.3 is 5.11 Å². The van der Waals surface area contributed by atoms with Gasteiger partial charge in [-0.2, -0.15) is 0 Å². The minimum Gasteiger partial charge on any atom is -0.508 e. The number of benzene rings is 2. The lowest BCUT2D eigenvalue weighted by Crippen LogP contribution is -1.97. The molecular formula is C13H11NO4. The number of nitro groups is 1. The highest BCUT2D eigenvalue weighted by Crippen LogP contribution is 2.31. The molecule has 0 aromatic heterocycles. The Morgan fingerprint density at radius 1 is 1.39 bits per heavy atom. The van der Waals surface area contributed by atoms with Crippen LogP contribution in [0, 0.1) is 10.1 Å². The van der Waals surface area contributed by atoms with Gasteiger partial charge in [0.05, 0.1) is 10.3 Å². The lowest BCUT2D eigenvalue weighted by atomic mass is 10.0. The molecule has 18 heavy (non-hydrogen) atoms. The SMILES string of the molecule is CC(=O)Cc1cc2c([N+](=O)[O-])cccc2cc1O. The fraction of sp³-hybridized carbons (Fsp3) is 0.154. The van der Waals surface area contributed by atoms with Crippen molar-refractivity contribution in [2.75, 3.05) is 0 Å². The number of carbonyl (C=O) groups is 1. The highest BCUT2D eigenvalue weighted by Gasteiger charge is 2.14. The van der Waals surface area contributed by atoms with Crippen molar-refractivity contribution in [3.63, 3.8) is 0 Å². The molecule has 0 aliphatic carbocycles. The molecule has 0 radical (unpaired) electrons. The first-order chi connectivity index (χ1) is 8.49. The second-order valence-corrected chi connectivity index (χ2v) is 4.12. The number of phenols is 1. The van der Waals surface area contributed by atoms with Gasteiger partial charge in [-0.15, -0.1) is 0 Å². The van der Waals surface area contributed by atoms with E-state index in [2.05, 4.69) is 0 Å². The Kier molecular flexibility index (Phi) is 2.97. The second kappa shape index (κ2) is 4.44. The summed E-state index contributed by atoms with van der Waals surface area (Å²) in [7, 11) is 0. The predicted molar refractivity (Wildman–Crippen MR) is 66.7 cm³/mol. The van der Waals surface area contributed by atoms with Crippen molar-refractivity contribution in [3.05, 3.63) is 46.0 Å². The molecular weight excluding hydrogens is 234 g/mol. The van der Waals surface area contributed by atoms with Gasteiger partial charge in [0.1, 0.15) is 11.5 Å². The molecule has 2 aromatic rings. The number of phenolic OH excluding ortho intramolecular Hbond substituents is 1. The van der Waals surface area contributed by atoms with Crippen molar-refractivity contribution in [3.8, 4) is 5.75 Å². The van der Waals surface area contributed by atoms with Crippen LogP contribution in [0.2, 0.25) is 0 Å². The average Bonchev–Trinajstić information content (AvgIpc) is 2.28. The molecule has 2 rings (SSSR count). The molecule has 0 fully saturated rings. The first kappa shape index (κ1) is 12.0. The van der Waals surface area contributed by atoms with Gasteiger partial charge in [0.2, 0.25) is 0 Å². The standard InChI is InChI=1S/C13H11NO4/c1-8(15)5-10-6-11-9(7-13(10)16)3-2-4-12(11)14(17)18/h2-4,6-7,16H,5H2,1H3. The molecule has 0 atom stereocenters. The number of ketones is 1. The number of hydrogen-bond donors (Lipinski definition) is 1. The number of hydrogen-bond acceptors (Lipinski definition) is 4. The second-order valence-electron chi connectivity index (χ2n) is 4.12. The Hall–Kier alpha value is -2.43. The van der Waals surface area contributed by atoms with E-state index in [9.17, 15) is 20.0 Å². The molecule has 0 unspecified atom stereocenters. The third-order valence-corrected chi connectivity index (χ3v) is 2.69. The lowest BCUT2D eigenvalue weighted by molar-refractivity contribution is -0.383. The third-order valence-electron chi connectivity index (χ3n) is 2.69. The number of Topliss-reactive ketones (excluding diaryl/α,β-unsaturated/α-hetero) is 1. The molecule has 5 heteroatoms. The van der Waals surface area contributed by atoms with Crippen LogP contribution in [-0.2, 0) is 11.2 Å². The number of rotatable bonds is 3. The average molecular weight is 245 g/mol. The fourth-order valence-corrected chi connectivity index (χ4v) is 1.91. The van der Waals surface area contributed by atoms with Crippen molar-refractivity contribution < 1.29 is 14.8 Å².